The monoisotopic (exact) mass is 244 g/mol. The molecular formula is C4H6Na2O5S2. The summed E-state index contributed by atoms with van der Waals surface area (Å²) in [6.45, 7) is 0. The van der Waals surface area contributed by atoms with Crippen LogP contribution in [-0.4, -0.2) is 38.1 Å². The van der Waals surface area contributed by atoms with Crippen LogP contribution < -0.4 is 59.1 Å². The molecule has 0 aromatic carbocycles. The van der Waals surface area contributed by atoms with Gasteiger partial charge in [-0.2, -0.15) is 0 Å². The van der Waals surface area contributed by atoms with Gasteiger partial charge < -0.3 is 4.55 Å². The summed E-state index contributed by atoms with van der Waals surface area (Å²) in [6, 6.07) is 0. The second-order valence-corrected chi connectivity index (χ2v) is 6.09. The Kier molecular flexibility index (Phi) is 7.72. The largest absolute Gasteiger partial charge is 1.00 e. The molecule has 1 atom stereocenters. The summed E-state index contributed by atoms with van der Waals surface area (Å²) in [5.41, 5.74) is 0. The van der Waals surface area contributed by atoms with E-state index in [-0.39, 0.29) is 64.9 Å². The molecule has 9 heteroatoms. The van der Waals surface area contributed by atoms with Crippen LogP contribution in [0.15, 0.2) is 0 Å². The first kappa shape index (κ1) is 17.3. The van der Waals surface area contributed by atoms with Gasteiger partial charge in [-0.25, -0.2) is 16.8 Å². The Morgan fingerprint density at radius 3 is 1.92 bits per heavy atom. The molecule has 0 spiro atoms. The van der Waals surface area contributed by atoms with Crippen molar-refractivity contribution < 1.29 is 80.5 Å². The van der Waals surface area contributed by atoms with Gasteiger partial charge in [0.15, 0.2) is 0 Å². The van der Waals surface area contributed by atoms with Gasteiger partial charge in [-0.15, -0.1) is 0 Å². The molecule has 13 heavy (non-hydrogen) atoms. The molecule has 5 nitrogen and oxygen atoms in total. The normalized spacial score (nSPS) is 25.8. The third-order valence-corrected chi connectivity index (χ3v) is 4.28. The maximum Gasteiger partial charge on any atom is 1.00 e. The zero-order chi connectivity index (χ0) is 8.70. The van der Waals surface area contributed by atoms with E-state index in [1.165, 1.54) is 0 Å². The number of sulfone groups is 1. The Hall–Kier alpha value is 1.86. The maximum absolute atomic E-state index is 10.7. The second kappa shape index (κ2) is 5.81. The summed E-state index contributed by atoms with van der Waals surface area (Å²) in [5.74, 6) is -0.863. The summed E-state index contributed by atoms with van der Waals surface area (Å²) in [5, 5.41) is -1.34. The zero-order valence-corrected chi connectivity index (χ0v) is 13.1. The first-order valence-corrected chi connectivity index (χ1v) is 6.09. The fourth-order valence-corrected chi connectivity index (χ4v) is 3.88. The summed E-state index contributed by atoms with van der Waals surface area (Å²) < 4.78 is 52.1. The van der Waals surface area contributed by atoms with Crippen LogP contribution in [0.25, 0.3) is 0 Å². The van der Waals surface area contributed by atoms with Gasteiger partial charge in [0.05, 0.1) is 10.1 Å². The third kappa shape index (κ3) is 5.48. The average molecular weight is 244 g/mol. The Labute approximate surface area is 122 Å². The van der Waals surface area contributed by atoms with E-state index in [0.717, 1.165) is 6.42 Å². The molecular weight excluding hydrogens is 238 g/mol. The van der Waals surface area contributed by atoms with Gasteiger partial charge >= 0.3 is 59.1 Å². The topological polar surface area (TPSA) is 91.3 Å². The van der Waals surface area contributed by atoms with E-state index >= 15 is 0 Å². The van der Waals surface area contributed by atoms with Crippen LogP contribution in [0.2, 0.25) is 0 Å². The summed E-state index contributed by atoms with van der Waals surface area (Å²) in [6.07, 6.45) is 1.03. The standard InChI is InChI=1S/C4H7O5S2.2Na/c5-10(6)2-1-4(3-10)11(7,8)9;;/h1,4H,2-3H2,(H,7,8,9);;/q-1;2*+1/p-1. The molecule has 0 radical (unpaired) electrons. The van der Waals surface area contributed by atoms with Crippen LogP contribution >= 0.6 is 0 Å². The first-order valence-electron chi connectivity index (χ1n) is 2.80. The molecule has 1 saturated heterocycles. The minimum atomic E-state index is -4.46. The molecule has 66 valence electrons. The minimum Gasteiger partial charge on any atom is -0.750 e. The van der Waals surface area contributed by atoms with Crippen LogP contribution in [0.5, 0.6) is 0 Å². The molecule has 1 aliphatic rings. The van der Waals surface area contributed by atoms with Gasteiger partial charge in [-0.3, -0.25) is 6.42 Å². The molecule has 1 aliphatic heterocycles. The van der Waals surface area contributed by atoms with Crippen molar-refractivity contribution in [3.8, 4) is 0 Å². The molecule has 0 aliphatic carbocycles. The molecule has 1 rings (SSSR count). The van der Waals surface area contributed by atoms with Crippen LogP contribution in [0.3, 0.4) is 0 Å². The number of hydrogen-bond donors (Lipinski definition) is 0. The molecule has 0 aromatic rings. The second-order valence-electron chi connectivity index (χ2n) is 2.34. The Morgan fingerprint density at radius 1 is 1.31 bits per heavy atom. The van der Waals surface area contributed by atoms with Crippen molar-refractivity contribution in [2.75, 3.05) is 11.5 Å². The van der Waals surface area contributed by atoms with E-state index in [0.29, 0.717) is 0 Å². The molecule has 0 saturated carbocycles. The van der Waals surface area contributed by atoms with Gasteiger partial charge in [-0.1, -0.05) is 11.0 Å². The van der Waals surface area contributed by atoms with E-state index in [1.807, 2.05) is 0 Å². The third-order valence-electron chi connectivity index (χ3n) is 1.40. The molecule has 0 N–H and O–H groups in total. The Bertz CT molecular complexity index is 345. The van der Waals surface area contributed by atoms with Crippen molar-refractivity contribution in [1.82, 2.24) is 0 Å². The smallest absolute Gasteiger partial charge is 0.750 e. The predicted molar refractivity (Wildman–Crippen MR) is 36.4 cm³/mol. The quantitative estimate of drug-likeness (QED) is 0.259. The van der Waals surface area contributed by atoms with Crippen LogP contribution in [0.1, 0.15) is 0 Å². The van der Waals surface area contributed by atoms with E-state index in [1.54, 1.807) is 0 Å². The van der Waals surface area contributed by atoms with E-state index < -0.39 is 31.0 Å². The maximum atomic E-state index is 10.7. The van der Waals surface area contributed by atoms with Gasteiger partial charge in [0, 0.05) is 5.75 Å². The average Bonchev–Trinajstić information content (AvgIpc) is 2.07. The van der Waals surface area contributed by atoms with Crippen molar-refractivity contribution >= 4 is 20.0 Å². The van der Waals surface area contributed by atoms with Crippen molar-refractivity contribution in [3.63, 3.8) is 0 Å². The Morgan fingerprint density at radius 2 is 1.77 bits per heavy atom. The van der Waals surface area contributed by atoms with Gasteiger partial charge in [0.2, 0.25) is 0 Å². The van der Waals surface area contributed by atoms with Crippen LogP contribution in [0.4, 0.5) is 0 Å². The summed E-state index contributed by atoms with van der Waals surface area (Å²) in [7, 11) is -7.77. The molecule has 1 fully saturated rings. The molecule has 1 heterocycles. The fraction of sp³-hybridized carbons (Fsp3) is 0.750. The van der Waals surface area contributed by atoms with Crippen molar-refractivity contribution in [1.29, 1.82) is 0 Å². The minimum absolute atomic E-state index is 0. The van der Waals surface area contributed by atoms with Gasteiger partial charge in [0.1, 0.15) is 9.84 Å². The van der Waals surface area contributed by atoms with Gasteiger partial charge in [-0.05, 0) is 0 Å². The van der Waals surface area contributed by atoms with Crippen molar-refractivity contribution in [2.45, 2.75) is 5.25 Å². The molecule has 0 bridgehead atoms. The fourth-order valence-electron chi connectivity index (χ4n) is 0.841. The van der Waals surface area contributed by atoms with E-state index in [9.17, 15) is 21.4 Å². The Balaban J connectivity index is 0. The van der Waals surface area contributed by atoms with Crippen LogP contribution in [-0.2, 0) is 20.0 Å². The van der Waals surface area contributed by atoms with Crippen molar-refractivity contribution in [3.05, 3.63) is 6.42 Å². The number of rotatable bonds is 1. The van der Waals surface area contributed by atoms with E-state index in [4.69, 9.17) is 0 Å². The first-order chi connectivity index (χ1) is 4.81. The molecule has 1 unspecified atom stereocenters. The predicted octanol–water partition coefficient (Wildman–Crippen LogP) is -7.46. The summed E-state index contributed by atoms with van der Waals surface area (Å²) in [4.78, 5) is 0. The SMILES string of the molecule is O=S1(=O)C[CH-]C(S(=O)(=O)[O-])C1.[Na+].[Na+]. The van der Waals surface area contributed by atoms with Crippen molar-refractivity contribution in [2.24, 2.45) is 0 Å². The van der Waals surface area contributed by atoms with Gasteiger partial charge in [0.25, 0.3) is 0 Å². The summed E-state index contributed by atoms with van der Waals surface area (Å²) >= 11 is 0. The molecule has 0 aromatic heterocycles. The van der Waals surface area contributed by atoms with Crippen LogP contribution in [0, 0.1) is 6.42 Å². The number of hydrogen-bond acceptors (Lipinski definition) is 5. The molecule has 0 amide bonds. The zero-order valence-electron chi connectivity index (χ0n) is 7.43. The van der Waals surface area contributed by atoms with E-state index in [2.05, 4.69) is 0 Å².